The van der Waals surface area contributed by atoms with Gasteiger partial charge in [-0.3, -0.25) is 9.58 Å². The summed E-state index contributed by atoms with van der Waals surface area (Å²) in [4.78, 5) is 6.65. The zero-order valence-corrected chi connectivity index (χ0v) is 11.2. The van der Waals surface area contributed by atoms with Gasteiger partial charge in [0, 0.05) is 18.4 Å². The van der Waals surface area contributed by atoms with Crippen molar-refractivity contribution in [2.75, 3.05) is 11.9 Å². The highest BCUT2D eigenvalue weighted by Crippen LogP contribution is 2.06. The Bertz CT molecular complexity index is 285. The van der Waals surface area contributed by atoms with Crippen molar-refractivity contribution in [1.82, 2.24) is 19.7 Å². The Morgan fingerprint density at radius 3 is 2.73 bits per heavy atom. The molecule has 0 aliphatic heterocycles. The molecule has 0 amide bonds. The van der Waals surface area contributed by atoms with Crippen LogP contribution in [-0.2, 0) is 13.6 Å². The molecule has 0 saturated heterocycles. The standard InChI is InChI=1S/C10H19BrN4/c1-9(2)15(6-4-5-11)7-10-12-8-13-14(10)3/h8-9H,4-7H2,1-3H3. The number of hydrogen-bond donors (Lipinski definition) is 0. The summed E-state index contributed by atoms with van der Waals surface area (Å²) < 4.78 is 1.84. The number of rotatable bonds is 6. The molecule has 1 aromatic rings. The lowest BCUT2D eigenvalue weighted by Gasteiger charge is -2.25. The molecule has 0 aliphatic rings. The predicted octanol–water partition coefficient (Wildman–Crippen LogP) is 1.81. The van der Waals surface area contributed by atoms with Crippen molar-refractivity contribution in [3.8, 4) is 0 Å². The fraction of sp³-hybridized carbons (Fsp3) is 0.800. The third-order valence-corrected chi connectivity index (χ3v) is 3.02. The summed E-state index contributed by atoms with van der Waals surface area (Å²) in [6, 6.07) is 0.542. The summed E-state index contributed by atoms with van der Waals surface area (Å²) in [6.07, 6.45) is 2.77. The number of aromatic nitrogens is 3. The molecule has 15 heavy (non-hydrogen) atoms. The average Bonchev–Trinajstić information content (AvgIpc) is 2.58. The van der Waals surface area contributed by atoms with E-state index in [9.17, 15) is 0 Å². The molecule has 1 heterocycles. The Kier molecular flexibility index (Phi) is 5.25. The summed E-state index contributed by atoms with van der Waals surface area (Å²) in [5.74, 6) is 1.03. The normalized spacial score (nSPS) is 11.6. The minimum atomic E-state index is 0.542. The molecule has 0 spiro atoms. The zero-order valence-electron chi connectivity index (χ0n) is 9.65. The third-order valence-electron chi connectivity index (χ3n) is 2.46. The van der Waals surface area contributed by atoms with Crippen LogP contribution >= 0.6 is 15.9 Å². The minimum Gasteiger partial charge on any atom is -0.293 e. The van der Waals surface area contributed by atoms with Gasteiger partial charge in [0.1, 0.15) is 12.2 Å². The fourth-order valence-corrected chi connectivity index (χ4v) is 1.68. The molecule has 5 heteroatoms. The summed E-state index contributed by atoms with van der Waals surface area (Å²) >= 11 is 3.46. The van der Waals surface area contributed by atoms with Gasteiger partial charge in [-0.15, -0.1) is 0 Å². The van der Waals surface area contributed by atoms with E-state index in [0.29, 0.717) is 6.04 Å². The first-order valence-corrected chi connectivity index (χ1v) is 6.40. The van der Waals surface area contributed by atoms with Gasteiger partial charge in [0.15, 0.2) is 0 Å². The van der Waals surface area contributed by atoms with E-state index >= 15 is 0 Å². The molecular weight excluding hydrogens is 256 g/mol. The molecule has 4 nitrogen and oxygen atoms in total. The van der Waals surface area contributed by atoms with Crippen molar-refractivity contribution >= 4 is 15.9 Å². The average molecular weight is 275 g/mol. The molecule has 1 aromatic heterocycles. The molecular formula is C10H19BrN4. The predicted molar refractivity (Wildman–Crippen MR) is 65.0 cm³/mol. The largest absolute Gasteiger partial charge is 0.293 e. The van der Waals surface area contributed by atoms with Crippen LogP contribution < -0.4 is 0 Å². The minimum absolute atomic E-state index is 0.542. The maximum atomic E-state index is 4.24. The highest BCUT2D eigenvalue weighted by Gasteiger charge is 2.12. The quantitative estimate of drug-likeness (QED) is 0.742. The first kappa shape index (κ1) is 12.6. The topological polar surface area (TPSA) is 34.0 Å². The van der Waals surface area contributed by atoms with Crippen LogP contribution in [0.1, 0.15) is 26.1 Å². The van der Waals surface area contributed by atoms with Gasteiger partial charge in [-0.1, -0.05) is 15.9 Å². The van der Waals surface area contributed by atoms with E-state index in [4.69, 9.17) is 0 Å². The van der Waals surface area contributed by atoms with Crippen LogP contribution in [0.3, 0.4) is 0 Å². The van der Waals surface area contributed by atoms with Crippen LogP contribution in [-0.4, -0.2) is 37.6 Å². The second kappa shape index (κ2) is 6.23. The molecule has 0 aromatic carbocycles. The van der Waals surface area contributed by atoms with Crippen LogP contribution in [0.15, 0.2) is 6.33 Å². The summed E-state index contributed by atoms with van der Waals surface area (Å²) in [5.41, 5.74) is 0. The van der Waals surface area contributed by atoms with Gasteiger partial charge in [0.2, 0.25) is 0 Å². The highest BCUT2D eigenvalue weighted by atomic mass is 79.9. The van der Waals surface area contributed by atoms with E-state index in [2.05, 4.69) is 44.8 Å². The lowest BCUT2D eigenvalue weighted by atomic mass is 10.3. The SMILES string of the molecule is CC(C)N(CCCBr)Cc1ncnn1C. The number of halogens is 1. The number of aryl methyl sites for hydroxylation is 1. The van der Waals surface area contributed by atoms with Crippen LogP contribution in [0.5, 0.6) is 0 Å². The van der Waals surface area contributed by atoms with E-state index in [1.165, 1.54) is 0 Å². The maximum Gasteiger partial charge on any atom is 0.140 e. The van der Waals surface area contributed by atoms with Gasteiger partial charge in [-0.05, 0) is 26.8 Å². The van der Waals surface area contributed by atoms with Gasteiger partial charge < -0.3 is 0 Å². The summed E-state index contributed by atoms with van der Waals surface area (Å²) in [7, 11) is 1.94. The first-order chi connectivity index (χ1) is 7.15. The van der Waals surface area contributed by atoms with E-state index in [1.54, 1.807) is 6.33 Å². The zero-order chi connectivity index (χ0) is 11.3. The van der Waals surface area contributed by atoms with Crippen molar-refractivity contribution in [3.63, 3.8) is 0 Å². The molecule has 0 saturated carbocycles. The molecule has 0 radical (unpaired) electrons. The molecule has 0 fully saturated rings. The van der Waals surface area contributed by atoms with Crippen molar-refractivity contribution in [1.29, 1.82) is 0 Å². The molecule has 0 atom stereocenters. The van der Waals surface area contributed by atoms with Crippen molar-refractivity contribution in [2.24, 2.45) is 7.05 Å². The Morgan fingerprint density at radius 2 is 2.27 bits per heavy atom. The third kappa shape index (κ3) is 3.91. The molecule has 1 rings (SSSR count). The second-order valence-corrected chi connectivity index (χ2v) is 4.70. The second-order valence-electron chi connectivity index (χ2n) is 3.91. The lowest BCUT2D eigenvalue weighted by molar-refractivity contribution is 0.206. The van der Waals surface area contributed by atoms with Gasteiger partial charge in [-0.2, -0.15) is 5.10 Å². The van der Waals surface area contributed by atoms with Gasteiger partial charge in [0.05, 0.1) is 6.54 Å². The highest BCUT2D eigenvalue weighted by molar-refractivity contribution is 9.09. The van der Waals surface area contributed by atoms with E-state index < -0.39 is 0 Å². The molecule has 0 N–H and O–H groups in total. The van der Waals surface area contributed by atoms with Gasteiger partial charge >= 0.3 is 0 Å². The Morgan fingerprint density at radius 1 is 1.53 bits per heavy atom. The fourth-order valence-electron chi connectivity index (χ4n) is 1.43. The van der Waals surface area contributed by atoms with Crippen molar-refractivity contribution in [2.45, 2.75) is 32.9 Å². The summed E-state index contributed by atoms with van der Waals surface area (Å²) in [6.45, 7) is 6.39. The Labute approximate surface area is 99.8 Å². The molecule has 0 aliphatic carbocycles. The van der Waals surface area contributed by atoms with Crippen LogP contribution in [0.25, 0.3) is 0 Å². The molecule has 0 bridgehead atoms. The van der Waals surface area contributed by atoms with Crippen LogP contribution in [0, 0.1) is 0 Å². The monoisotopic (exact) mass is 274 g/mol. The first-order valence-electron chi connectivity index (χ1n) is 5.28. The lowest BCUT2D eigenvalue weighted by Crippen LogP contribution is -2.32. The summed E-state index contributed by atoms with van der Waals surface area (Å²) in [5, 5.41) is 5.13. The van der Waals surface area contributed by atoms with Crippen LogP contribution in [0.2, 0.25) is 0 Å². The molecule has 86 valence electrons. The Hall–Kier alpha value is -0.420. The number of nitrogens with zero attached hydrogens (tertiary/aromatic N) is 4. The van der Waals surface area contributed by atoms with E-state index in [1.807, 2.05) is 11.7 Å². The van der Waals surface area contributed by atoms with E-state index in [-0.39, 0.29) is 0 Å². The van der Waals surface area contributed by atoms with Gasteiger partial charge in [-0.25, -0.2) is 4.98 Å². The number of hydrogen-bond acceptors (Lipinski definition) is 3. The van der Waals surface area contributed by atoms with Crippen LogP contribution in [0.4, 0.5) is 0 Å². The maximum absolute atomic E-state index is 4.24. The molecule has 0 unspecified atom stereocenters. The Balaban J connectivity index is 2.54. The van der Waals surface area contributed by atoms with E-state index in [0.717, 1.165) is 30.7 Å². The van der Waals surface area contributed by atoms with Crippen molar-refractivity contribution < 1.29 is 0 Å². The number of alkyl halides is 1. The smallest absolute Gasteiger partial charge is 0.140 e. The van der Waals surface area contributed by atoms with Gasteiger partial charge in [0.25, 0.3) is 0 Å². The van der Waals surface area contributed by atoms with Crippen molar-refractivity contribution in [3.05, 3.63) is 12.2 Å².